The van der Waals surface area contributed by atoms with Crippen molar-refractivity contribution in [1.29, 1.82) is 0 Å². The predicted octanol–water partition coefficient (Wildman–Crippen LogP) is 7.29. The maximum atomic E-state index is 14.0. The van der Waals surface area contributed by atoms with Crippen LogP contribution in [0.25, 0.3) is 17.2 Å². The van der Waals surface area contributed by atoms with Gasteiger partial charge < -0.3 is 20.7 Å². The number of fused-ring (bicyclic) bond motifs is 1. The van der Waals surface area contributed by atoms with Crippen LogP contribution in [0.5, 0.6) is 0 Å². The summed E-state index contributed by atoms with van der Waals surface area (Å²) >= 11 is 0. The first-order valence-electron chi connectivity index (χ1n) is 17.0. The molecule has 2 aromatic heterocycles. The topological polar surface area (TPSA) is 138 Å². The number of aromatic amines is 1. The molecule has 1 aliphatic heterocycles. The van der Waals surface area contributed by atoms with Crippen LogP contribution in [0.4, 0.5) is 15.0 Å². The number of anilines is 1. The van der Waals surface area contributed by atoms with Crippen LogP contribution < -0.4 is 16.0 Å². The Labute approximate surface area is 286 Å². The van der Waals surface area contributed by atoms with Crippen molar-refractivity contribution in [2.45, 2.75) is 84.7 Å². The number of hydrogen-bond donors (Lipinski definition) is 4. The van der Waals surface area contributed by atoms with Crippen molar-refractivity contribution in [3.63, 3.8) is 0 Å². The summed E-state index contributed by atoms with van der Waals surface area (Å²) in [5, 5.41) is 16.7. The van der Waals surface area contributed by atoms with Crippen molar-refractivity contribution in [2.24, 2.45) is 10.8 Å². The van der Waals surface area contributed by atoms with Crippen LogP contribution in [0.3, 0.4) is 0 Å². The third-order valence-corrected chi connectivity index (χ3v) is 9.54. The number of H-pyrrole nitrogens is 1. The molecule has 49 heavy (non-hydrogen) atoms. The van der Waals surface area contributed by atoms with Gasteiger partial charge >= 0.3 is 6.09 Å². The fourth-order valence-corrected chi connectivity index (χ4v) is 7.13. The van der Waals surface area contributed by atoms with E-state index in [1.54, 1.807) is 33.0 Å². The summed E-state index contributed by atoms with van der Waals surface area (Å²) in [6.45, 7) is 9.80. The summed E-state index contributed by atoms with van der Waals surface area (Å²) in [5.74, 6) is -0.539. The number of Topliss-reactive ketones (excluding diaryl/α,β-unsaturated/α-hetero) is 1. The molecule has 0 radical (unpaired) electrons. The zero-order valence-corrected chi connectivity index (χ0v) is 28.8. The van der Waals surface area contributed by atoms with Crippen LogP contribution >= 0.6 is 0 Å². The van der Waals surface area contributed by atoms with Gasteiger partial charge in [-0.15, -0.1) is 0 Å². The van der Waals surface area contributed by atoms with Crippen LogP contribution in [-0.4, -0.2) is 51.7 Å². The molecule has 2 aliphatic carbocycles. The van der Waals surface area contributed by atoms with Gasteiger partial charge in [-0.3, -0.25) is 19.7 Å². The molecule has 3 aliphatic rings. The van der Waals surface area contributed by atoms with Gasteiger partial charge in [-0.1, -0.05) is 51.0 Å². The molecular formula is C38H45FN6O4. The Morgan fingerprint density at radius 1 is 1.04 bits per heavy atom. The molecule has 10 nitrogen and oxygen atoms in total. The highest BCUT2D eigenvalue weighted by atomic mass is 19.1. The smallest absolute Gasteiger partial charge is 0.407 e. The van der Waals surface area contributed by atoms with Crippen LogP contribution in [0.15, 0.2) is 59.9 Å². The average molecular weight is 669 g/mol. The highest BCUT2D eigenvalue weighted by molar-refractivity contribution is 6.03. The van der Waals surface area contributed by atoms with Gasteiger partial charge in [-0.2, -0.15) is 5.10 Å². The number of nitrogens with zero attached hydrogens (tertiary/aromatic N) is 2. The van der Waals surface area contributed by atoms with E-state index in [0.717, 1.165) is 48.9 Å². The third-order valence-electron chi connectivity index (χ3n) is 9.54. The molecule has 4 N–H and O–H groups in total. The number of ketones is 1. The van der Waals surface area contributed by atoms with Gasteiger partial charge in [0.05, 0.1) is 5.69 Å². The van der Waals surface area contributed by atoms with Gasteiger partial charge in [0, 0.05) is 54.0 Å². The Morgan fingerprint density at radius 2 is 1.80 bits per heavy atom. The predicted molar refractivity (Wildman–Crippen MR) is 186 cm³/mol. The number of carbonyl (C=O) groups is 3. The highest BCUT2D eigenvalue weighted by Gasteiger charge is 2.46. The minimum absolute atomic E-state index is 0.0257. The minimum Gasteiger partial charge on any atom is -0.444 e. The first-order valence-corrected chi connectivity index (χ1v) is 17.0. The number of carbonyl (C=O) groups excluding carboxylic acids is 3. The molecule has 1 unspecified atom stereocenters. The summed E-state index contributed by atoms with van der Waals surface area (Å²) in [4.78, 5) is 44.5. The third kappa shape index (κ3) is 7.76. The average Bonchev–Trinajstić information content (AvgIpc) is 3.67. The SMILES string of the molecule is CC(C)(CNC(=O)OC(C)(C)C)CNC(=O)c1n[nH]c2c1C(/C=C/c1ccc(-c3cccc(F)c3)cn1)C1=C(CC3(CCCC3)CC1=O)N2. The first-order chi connectivity index (χ1) is 23.2. The lowest BCUT2D eigenvalue weighted by molar-refractivity contribution is -0.118. The summed E-state index contributed by atoms with van der Waals surface area (Å²) in [6.07, 6.45) is 10.5. The van der Waals surface area contributed by atoms with E-state index < -0.39 is 23.0 Å². The van der Waals surface area contributed by atoms with Crippen LogP contribution in [0, 0.1) is 16.6 Å². The second-order valence-corrected chi connectivity index (χ2v) is 15.4. The van der Waals surface area contributed by atoms with E-state index in [9.17, 15) is 18.8 Å². The molecule has 11 heteroatoms. The largest absolute Gasteiger partial charge is 0.444 e. The molecule has 2 amide bonds. The standard InChI is InChI=1S/C38H45FN6O4/c1-36(2,3)49-35(48)42-22-37(4,5)21-41-34(47)32-31-27(14-13-26-12-11-24(20-40-26)23-9-8-10-25(39)17-23)30-28(43-33(31)45-44-32)18-38(19-29(30)46)15-6-7-16-38/h8-14,17,20,27H,6-7,15-16,18-19,21-22H2,1-5H3,(H,41,47)(H,42,48)(H2,43,44,45)/b14-13+. The summed E-state index contributed by atoms with van der Waals surface area (Å²) in [6, 6.07) is 10.1. The quantitative estimate of drug-likeness (QED) is 0.198. The lowest BCUT2D eigenvalue weighted by Crippen LogP contribution is -2.43. The second-order valence-electron chi connectivity index (χ2n) is 15.4. The molecule has 258 valence electrons. The molecule has 3 heterocycles. The number of rotatable bonds is 8. The van der Waals surface area contributed by atoms with Gasteiger partial charge in [-0.25, -0.2) is 9.18 Å². The lowest BCUT2D eigenvalue weighted by atomic mass is 9.67. The summed E-state index contributed by atoms with van der Waals surface area (Å²) in [7, 11) is 0. The number of alkyl carbamates (subject to hydrolysis) is 1. The number of hydrogen-bond acceptors (Lipinski definition) is 7. The zero-order valence-electron chi connectivity index (χ0n) is 28.8. The number of allylic oxidation sites excluding steroid dienone is 3. The van der Waals surface area contributed by atoms with E-state index in [1.807, 2.05) is 44.2 Å². The van der Waals surface area contributed by atoms with Gasteiger partial charge in [0.15, 0.2) is 11.5 Å². The Kier molecular flexibility index (Phi) is 9.21. The molecule has 1 atom stereocenters. The second kappa shape index (κ2) is 13.2. The fourth-order valence-electron chi connectivity index (χ4n) is 7.13. The van der Waals surface area contributed by atoms with Crippen molar-refractivity contribution >= 4 is 29.7 Å². The van der Waals surface area contributed by atoms with Crippen molar-refractivity contribution in [3.05, 3.63) is 82.7 Å². The Morgan fingerprint density at radius 3 is 2.49 bits per heavy atom. The minimum atomic E-state index is -0.615. The van der Waals surface area contributed by atoms with E-state index in [0.29, 0.717) is 29.1 Å². The number of amides is 2. The maximum Gasteiger partial charge on any atom is 0.407 e. The van der Waals surface area contributed by atoms with E-state index in [2.05, 4.69) is 31.1 Å². The molecule has 0 bridgehead atoms. The Hall–Kier alpha value is -4.80. The van der Waals surface area contributed by atoms with Crippen molar-refractivity contribution in [1.82, 2.24) is 25.8 Å². The number of nitrogens with one attached hydrogen (secondary N) is 4. The van der Waals surface area contributed by atoms with Gasteiger partial charge in [0.25, 0.3) is 5.91 Å². The Bertz CT molecular complexity index is 1810. The van der Waals surface area contributed by atoms with Crippen LogP contribution in [-0.2, 0) is 9.53 Å². The highest BCUT2D eigenvalue weighted by Crippen LogP contribution is 2.53. The monoisotopic (exact) mass is 668 g/mol. The molecular weight excluding hydrogens is 623 g/mol. The molecule has 3 aromatic rings. The van der Waals surface area contributed by atoms with E-state index in [1.165, 1.54) is 12.1 Å². The number of aromatic nitrogens is 3. The summed E-state index contributed by atoms with van der Waals surface area (Å²) < 4.78 is 19.1. The molecule has 1 aromatic carbocycles. The van der Waals surface area contributed by atoms with E-state index in [-0.39, 0.29) is 41.7 Å². The number of halogens is 1. The molecule has 1 saturated carbocycles. The molecule has 1 fully saturated rings. The van der Waals surface area contributed by atoms with Crippen LogP contribution in [0.1, 0.15) is 101 Å². The van der Waals surface area contributed by atoms with E-state index in [4.69, 9.17) is 4.74 Å². The number of benzene rings is 1. The van der Waals surface area contributed by atoms with Crippen molar-refractivity contribution < 1.29 is 23.5 Å². The number of pyridine rings is 1. The van der Waals surface area contributed by atoms with Gasteiger partial charge in [-0.05, 0) is 80.7 Å². The normalized spacial score (nSPS) is 18.7. The number of ether oxygens (including phenoxy) is 1. The first kappa shape index (κ1) is 34.1. The Balaban J connectivity index is 1.25. The van der Waals surface area contributed by atoms with E-state index >= 15 is 0 Å². The van der Waals surface area contributed by atoms with Gasteiger partial charge in [0.2, 0.25) is 0 Å². The zero-order chi connectivity index (χ0) is 35.0. The molecule has 0 saturated heterocycles. The fraction of sp³-hybridized carbons (Fsp3) is 0.447. The van der Waals surface area contributed by atoms with Gasteiger partial charge in [0.1, 0.15) is 17.2 Å². The molecule has 6 rings (SSSR count). The van der Waals surface area contributed by atoms with Crippen molar-refractivity contribution in [3.8, 4) is 11.1 Å². The summed E-state index contributed by atoms with van der Waals surface area (Å²) in [5.41, 5.74) is 3.39. The maximum absolute atomic E-state index is 14.0. The van der Waals surface area contributed by atoms with Crippen LogP contribution in [0.2, 0.25) is 0 Å². The molecule has 1 spiro atoms. The lowest BCUT2D eigenvalue weighted by Gasteiger charge is -2.39. The van der Waals surface area contributed by atoms with Crippen molar-refractivity contribution in [2.75, 3.05) is 18.4 Å².